The van der Waals surface area contributed by atoms with E-state index in [-0.39, 0.29) is 22.6 Å². The maximum atomic E-state index is 12.5. The highest BCUT2D eigenvalue weighted by Crippen LogP contribution is 2.33. The summed E-state index contributed by atoms with van der Waals surface area (Å²) in [5, 5.41) is 9.50. The second kappa shape index (κ2) is 4.92. The van der Waals surface area contributed by atoms with Gasteiger partial charge in [-0.2, -0.15) is 0 Å². The minimum absolute atomic E-state index is 0.0754. The lowest BCUT2D eigenvalue weighted by Crippen LogP contribution is -2.29. The van der Waals surface area contributed by atoms with Gasteiger partial charge in [0.05, 0.1) is 26.4 Å². The molecular weight excluding hydrogens is 298 g/mol. The summed E-state index contributed by atoms with van der Waals surface area (Å²) in [6.45, 7) is 0. The average molecular weight is 308 g/mol. The van der Waals surface area contributed by atoms with E-state index in [4.69, 9.17) is 11.6 Å². The van der Waals surface area contributed by atoms with Crippen molar-refractivity contribution in [2.45, 2.75) is 4.90 Å². The molecule has 1 amide bonds. The molecule has 3 rings (SSSR count). The van der Waals surface area contributed by atoms with Crippen molar-refractivity contribution in [3.8, 4) is 5.75 Å². The number of amides is 1. The summed E-state index contributed by atoms with van der Waals surface area (Å²) in [6, 6.07) is 11.4. The van der Waals surface area contributed by atoms with Crippen LogP contribution >= 0.6 is 11.6 Å². The normalized spacial score (nSPS) is 17.1. The van der Waals surface area contributed by atoms with Gasteiger partial charge in [0.25, 0.3) is 5.91 Å². The van der Waals surface area contributed by atoms with E-state index >= 15 is 0 Å². The summed E-state index contributed by atoms with van der Waals surface area (Å²) >= 11 is 5.81. The number of nitrogens with zero attached hydrogens (tertiary/aromatic N) is 1. The van der Waals surface area contributed by atoms with Crippen molar-refractivity contribution in [1.29, 1.82) is 0 Å². The van der Waals surface area contributed by atoms with Crippen LogP contribution in [0.3, 0.4) is 0 Å². The first-order chi connectivity index (χ1) is 9.58. The molecule has 0 aliphatic carbocycles. The molecule has 1 aliphatic heterocycles. The first-order valence-corrected chi connectivity index (χ1v) is 7.55. The summed E-state index contributed by atoms with van der Waals surface area (Å²) in [4.78, 5) is 14.6. The Morgan fingerprint density at radius 2 is 2.00 bits per heavy atom. The van der Waals surface area contributed by atoms with Gasteiger partial charge in [-0.15, -0.1) is 0 Å². The molecule has 102 valence electrons. The van der Waals surface area contributed by atoms with E-state index < -0.39 is 10.8 Å². The number of hydrogen-bond acceptors (Lipinski definition) is 3. The van der Waals surface area contributed by atoms with Gasteiger partial charge in [0.1, 0.15) is 11.6 Å². The Hall–Kier alpha value is -1.85. The molecule has 1 heterocycles. The lowest BCUT2D eigenvalue weighted by molar-refractivity contribution is 0.0991. The molecule has 1 unspecified atom stereocenters. The summed E-state index contributed by atoms with van der Waals surface area (Å²) in [7, 11) is -1.21. The van der Waals surface area contributed by atoms with Crippen LogP contribution in [-0.2, 0) is 10.8 Å². The van der Waals surface area contributed by atoms with Crippen molar-refractivity contribution in [3.05, 3.63) is 53.1 Å². The number of hydrogen-bond donors (Lipinski definition) is 1. The zero-order chi connectivity index (χ0) is 14.3. The fraction of sp³-hybridized carbons (Fsp3) is 0.0714. The van der Waals surface area contributed by atoms with Gasteiger partial charge in [-0.05, 0) is 30.3 Å². The highest BCUT2D eigenvalue weighted by Gasteiger charge is 2.30. The molecule has 2 aromatic rings. The molecule has 0 spiro atoms. The maximum absolute atomic E-state index is 12.5. The fourth-order valence-corrected chi connectivity index (χ4v) is 3.55. The van der Waals surface area contributed by atoms with Crippen molar-refractivity contribution >= 4 is 34.0 Å². The van der Waals surface area contributed by atoms with Crippen molar-refractivity contribution in [2.24, 2.45) is 0 Å². The minimum Gasteiger partial charge on any atom is -0.506 e. The number of phenolic OH excluding ortho intramolecular Hbond substituents is 1. The van der Waals surface area contributed by atoms with Crippen LogP contribution in [0.2, 0.25) is 5.02 Å². The van der Waals surface area contributed by atoms with Crippen molar-refractivity contribution in [1.82, 2.24) is 0 Å². The Balaban J connectivity index is 2.00. The van der Waals surface area contributed by atoms with Crippen molar-refractivity contribution in [3.63, 3.8) is 0 Å². The van der Waals surface area contributed by atoms with E-state index in [1.807, 2.05) is 0 Å². The standard InChI is InChI=1S/C14H10ClNO3S/c15-10-7-9(5-6-12(10)17)14(18)16-8-20(19)13-4-2-1-3-11(13)16/h1-7,17H,8H2. The lowest BCUT2D eigenvalue weighted by atomic mass is 10.2. The van der Waals surface area contributed by atoms with Crippen LogP contribution in [0, 0.1) is 0 Å². The zero-order valence-corrected chi connectivity index (χ0v) is 11.8. The van der Waals surface area contributed by atoms with Gasteiger partial charge in [-0.1, -0.05) is 23.7 Å². The Labute approximate surface area is 123 Å². The van der Waals surface area contributed by atoms with Gasteiger partial charge in [-0.25, -0.2) is 0 Å². The molecule has 1 N–H and O–H groups in total. The number of rotatable bonds is 1. The number of carbonyl (C=O) groups excluding carboxylic acids is 1. The van der Waals surface area contributed by atoms with Crippen LogP contribution in [-0.4, -0.2) is 21.1 Å². The van der Waals surface area contributed by atoms with E-state index in [1.54, 1.807) is 24.3 Å². The number of halogens is 1. The minimum atomic E-state index is -1.21. The number of aromatic hydroxyl groups is 1. The summed E-state index contributed by atoms with van der Waals surface area (Å²) in [5.74, 6) is -0.227. The first kappa shape index (κ1) is 13.1. The quantitative estimate of drug-likeness (QED) is 0.881. The maximum Gasteiger partial charge on any atom is 0.259 e. The van der Waals surface area contributed by atoms with E-state index in [0.29, 0.717) is 16.1 Å². The van der Waals surface area contributed by atoms with E-state index in [9.17, 15) is 14.1 Å². The highest BCUT2D eigenvalue weighted by molar-refractivity contribution is 7.85. The molecular formula is C14H10ClNO3S. The largest absolute Gasteiger partial charge is 0.506 e. The van der Waals surface area contributed by atoms with E-state index in [2.05, 4.69) is 0 Å². The molecule has 6 heteroatoms. The third-order valence-corrected chi connectivity index (χ3v) is 4.72. The summed E-state index contributed by atoms with van der Waals surface area (Å²) < 4.78 is 12.0. The van der Waals surface area contributed by atoms with Gasteiger partial charge in [0, 0.05) is 5.56 Å². The second-order valence-electron chi connectivity index (χ2n) is 4.34. The lowest BCUT2D eigenvalue weighted by Gasteiger charge is -2.16. The zero-order valence-electron chi connectivity index (χ0n) is 10.2. The van der Waals surface area contributed by atoms with Gasteiger partial charge < -0.3 is 5.11 Å². The van der Waals surface area contributed by atoms with Gasteiger partial charge in [0.15, 0.2) is 0 Å². The molecule has 1 aliphatic rings. The third kappa shape index (κ3) is 2.09. The first-order valence-electron chi connectivity index (χ1n) is 5.86. The van der Waals surface area contributed by atoms with Crippen molar-refractivity contribution in [2.75, 3.05) is 10.8 Å². The molecule has 20 heavy (non-hydrogen) atoms. The molecule has 0 radical (unpaired) electrons. The topological polar surface area (TPSA) is 57.6 Å². The average Bonchev–Trinajstić information content (AvgIpc) is 2.79. The molecule has 1 atom stereocenters. The van der Waals surface area contributed by atoms with Crippen LogP contribution in [0.5, 0.6) is 5.75 Å². The highest BCUT2D eigenvalue weighted by atomic mass is 35.5. The SMILES string of the molecule is O=C(c1ccc(O)c(Cl)c1)N1CS(=O)c2ccccc21. The van der Waals surface area contributed by atoms with Crippen LogP contribution in [0.25, 0.3) is 0 Å². The third-order valence-electron chi connectivity index (χ3n) is 3.09. The summed E-state index contributed by atoms with van der Waals surface area (Å²) in [5.41, 5.74) is 1.00. The predicted octanol–water partition coefficient (Wildman–Crippen LogP) is 2.77. The van der Waals surface area contributed by atoms with Crippen molar-refractivity contribution < 1.29 is 14.1 Å². The van der Waals surface area contributed by atoms with Crippen LogP contribution < -0.4 is 4.90 Å². The molecule has 4 nitrogen and oxygen atoms in total. The Morgan fingerprint density at radius 3 is 2.75 bits per heavy atom. The van der Waals surface area contributed by atoms with Crippen LogP contribution in [0.4, 0.5) is 5.69 Å². The Kier molecular flexibility index (Phi) is 3.23. The van der Waals surface area contributed by atoms with Gasteiger partial charge in [0.2, 0.25) is 0 Å². The van der Waals surface area contributed by atoms with Crippen LogP contribution in [0.1, 0.15) is 10.4 Å². The molecule has 0 aromatic heterocycles. The summed E-state index contributed by atoms with van der Waals surface area (Å²) in [6.07, 6.45) is 0. The fourth-order valence-electron chi connectivity index (χ4n) is 2.09. The van der Waals surface area contributed by atoms with Gasteiger partial charge >= 0.3 is 0 Å². The monoisotopic (exact) mass is 307 g/mol. The smallest absolute Gasteiger partial charge is 0.259 e. The Morgan fingerprint density at radius 1 is 1.25 bits per heavy atom. The second-order valence-corrected chi connectivity index (χ2v) is 6.14. The van der Waals surface area contributed by atoms with Gasteiger partial charge in [-0.3, -0.25) is 13.9 Å². The molecule has 0 bridgehead atoms. The molecule has 2 aromatic carbocycles. The Bertz CT molecular complexity index is 732. The van der Waals surface area contributed by atoms with E-state index in [0.717, 1.165) is 0 Å². The number of anilines is 1. The predicted molar refractivity (Wildman–Crippen MR) is 77.6 cm³/mol. The number of benzene rings is 2. The molecule has 0 saturated heterocycles. The number of fused-ring (bicyclic) bond motifs is 1. The molecule has 0 fully saturated rings. The molecule has 0 saturated carbocycles. The number of para-hydroxylation sites is 1. The number of carbonyl (C=O) groups is 1. The number of phenols is 1. The van der Waals surface area contributed by atoms with Crippen LogP contribution in [0.15, 0.2) is 47.4 Å². The van der Waals surface area contributed by atoms with E-state index in [1.165, 1.54) is 23.1 Å².